The minimum absolute atomic E-state index is 0.00108. The van der Waals surface area contributed by atoms with Gasteiger partial charge in [-0.05, 0) is 49.9 Å². The molecule has 1 fully saturated rings. The minimum atomic E-state index is -3.60. The molecule has 1 aliphatic rings. The highest BCUT2D eigenvalue weighted by Crippen LogP contribution is 2.28. The molecule has 2 atom stereocenters. The highest BCUT2D eigenvalue weighted by atomic mass is 32.2. The van der Waals surface area contributed by atoms with E-state index in [9.17, 15) is 18.3 Å². The van der Waals surface area contributed by atoms with Crippen molar-refractivity contribution in [3.05, 3.63) is 24.3 Å². The number of sulfonamides is 1. The maximum Gasteiger partial charge on any atom is 0.243 e. The Kier molecular flexibility index (Phi) is 5.44. The van der Waals surface area contributed by atoms with Crippen LogP contribution < -0.4 is 4.90 Å². The van der Waals surface area contributed by atoms with E-state index in [1.807, 2.05) is 6.92 Å². The lowest BCUT2D eigenvalue weighted by Gasteiger charge is -2.36. The van der Waals surface area contributed by atoms with Gasteiger partial charge in [-0.3, -0.25) is 4.79 Å². The highest BCUT2D eigenvalue weighted by Gasteiger charge is 2.34. The van der Waals surface area contributed by atoms with Crippen molar-refractivity contribution in [1.29, 1.82) is 0 Å². The monoisotopic (exact) mass is 340 g/mol. The number of benzene rings is 1. The molecule has 1 aliphatic heterocycles. The number of aliphatic hydroxyl groups excluding tert-OH is 1. The van der Waals surface area contributed by atoms with Crippen molar-refractivity contribution in [1.82, 2.24) is 4.31 Å². The Labute approximate surface area is 137 Å². The Balaban J connectivity index is 2.27. The molecular formula is C16H24N2O4S. The maximum atomic E-state index is 12.8. The first-order valence-electron chi connectivity index (χ1n) is 7.74. The third-order valence-corrected chi connectivity index (χ3v) is 6.48. The van der Waals surface area contributed by atoms with E-state index < -0.39 is 10.0 Å². The highest BCUT2D eigenvalue weighted by molar-refractivity contribution is 7.89. The first kappa shape index (κ1) is 17.9. The van der Waals surface area contributed by atoms with E-state index in [0.717, 1.165) is 12.8 Å². The smallest absolute Gasteiger partial charge is 0.243 e. The quantitative estimate of drug-likeness (QED) is 0.900. The van der Waals surface area contributed by atoms with Crippen LogP contribution in [-0.4, -0.2) is 50.0 Å². The van der Waals surface area contributed by atoms with Crippen molar-refractivity contribution in [3.8, 4) is 0 Å². The summed E-state index contributed by atoms with van der Waals surface area (Å²) in [6, 6.07) is 6.24. The number of nitrogens with zero attached hydrogens (tertiary/aromatic N) is 2. The van der Waals surface area contributed by atoms with E-state index in [1.165, 1.54) is 28.3 Å². The summed E-state index contributed by atoms with van der Waals surface area (Å²) in [6.45, 7) is 3.69. The fourth-order valence-electron chi connectivity index (χ4n) is 2.79. The van der Waals surface area contributed by atoms with Gasteiger partial charge in [0.1, 0.15) is 0 Å². The van der Waals surface area contributed by atoms with Gasteiger partial charge < -0.3 is 10.0 Å². The molecule has 23 heavy (non-hydrogen) atoms. The minimum Gasteiger partial charge on any atom is -0.396 e. The van der Waals surface area contributed by atoms with Gasteiger partial charge >= 0.3 is 0 Å². The molecule has 0 bridgehead atoms. The Morgan fingerprint density at radius 2 is 1.91 bits per heavy atom. The van der Waals surface area contributed by atoms with Gasteiger partial charge in [-0.25, -0.2) is 8.42 Å². The lowest BCUT2D eigenvalue weighted by Crippen LogP contribution is -2.46. The molecule has 2 rings (SSSR count). The summed E-state index contributed by atoms with van der Waals surface area (Å²) in [4.78, 5) is 13.0. The normalized spacial score (nSPS) is 22.8. The van der Waals surface area contributed by atoms with Gasteiger partial charge in [-0.2, -0.15) is 4.31 Å². The molecule has 2 unspecified atom stereocenters. The molecule has 7 heteroatoms. The molecule has 0 aliphatic carbocycles. The zero-order chi connectivity index (χ0) is 17.2. The molecular weight excluding hydrogens is 316 g/mol. The van der Waals surface area contributed by atoms with Crippen LogP contribution >= 0.6 is 0 Å². The Hall–Kier alpha value is -1.44. The van der Waals surface area contributed by atoms with Crippen molar-refractivity contribution in [2.75, 3.05) is 25.1 Å². The molecule has 1 aromatic rings. The number of piperidine rings is 1. The second-order valence-corrected chi connectivity index (χ2v) is 8.01. The zero-order valence-corrected chi connectivity index (χ0v) is 14.6. The number of carbonyl (C=O) groups is 1. The molecule has 1 saturated heterocycles. The molecule has 128 valence electrons. The largest absolute Gasteiger partial charge is 0.396 e. The zero-order valence-electron chi connectivity index (χ0n) is 13.8. The van der Waals surface area contributed by atoms with Crippen molar-refractivity contribution in [2.24, 2.45) is 5.92 Å². The molecule has 1 heterocycles. The number of hydrogen-bond acceptors (Lipinski definition) is 4. The standard InChI is InChI=1S/C16H24N2O4S/c1-12-4-5-14(11-19)10-18(12)23(21,22)16-8-6-15(7-9-16)17(3)13(2)20/h6-9,12,14,19H,4-5,10-11H2,1-3H3. The first-order chi connectivity index (χ1) is 10.8. The summed E-state index contributed by atoms with van der Waals surface area (Å²) in [5.41, 5.74) is 0.649. The van der Waals surface area contributed by atoms with E-state index >= 15 is 0 Å². The molecule has 0 saturated carbocycles. The first-order valence-corrected chi connectivity index (χ1v) is 9.18. The third kappa shape index (κ3) is 3.73. The summed E-state index contributed by atoms with van der Waals surface area (Å²) in [6.07, 6.45) is 1.58. The van der Waals surface area contributed by atoms with Gasteiger partial charge in [-0.15, -0.1) is 0 Å². The molecule has 6 nitrogen and oxygen atoms in total. The van der Waals surface area contributed by atoms with E-state index in [0.29, 0.717) is 12.2 Å². The molecule has 1 aromatic carbocycles. The topological polar surface area (TPSA) is 77.9 Å². The Morgan fingerprint density at radius 1 is 1.30 bits per heavy atom. The predicted octanol–water partition coefficient (Wildman–Crippen LogP) is 1.45. The number of amides is 1. The van der Waals surface area contributed by atoms with Crippen LogP contribution in [0.1, 0.15) is 26.7 Å². The number of carbonyl (C=O) groups excluding carboxylic acids is 1. The van der Waals surface area contributed by atoms with Gasteiger partial charge in [0.2, 0.25) is 15.9 Å². The van der Waals surface area contributed by atoms with Crippen LogP contribution in [0.3, 0.4) is 0 Å². The van der Waals surface area contributed by atoms with E-state index in [1.54, 1.807) is 19.2 Å². The molecule has 0 spiro atoms. The summed E-state index contributed by atoms with van der Waals surface area (Å²) >= 11 is 0. The summed E-state index contributed by atoms with van der Waals surface area (Å²) in [5, 5.41) is 9.32. The fraction of sp³-hybridized carbons (Fsp3) is 0.562. The summed E-state index contributed by atoms with van der Waals surface area (Å²) in [7, 11) is -1.95. The second kappa shape index (κ2) is 6.98. The Morgan fingerprint density at radius 3 is 2.43 bits per heavy atom. The summed E-state index contributed by atoms with van der Waals surface area (Å²) in [5.74, 6) is -0.125. The van der Waals surface area contributed by atoms with Crippen molar-refractivity contribution >= 4 is 21.6 Å². The van der Waals surface area contributed by atoms with Crippen LogP contribution in [0.25, 0.3) is 0 Å². The third-order valence-electron chi connectivity index (χ3n) is 4.48. The van der Waals surface area contributed by atoms with Gasteiger partial charge in [0.25, 0.3) is 0 Å². The van der Waals surface area contributed by atoms with E-state index in [2.05, 4.69) is 0 Å². The van der Waals surface area contributed by atoms with Crippen molar-refractivity contribution < 1.29 is 18.3 Å². The Bertz CT molecular complexity index is 657. The number of hydrogen-bond donors (Lipinski definition) is 1. The lowest BCUT2D eigenvalue weighted by atomic mass is 9.96. The molecule has 1 amide bonds. The van der Waals surface area contributed by atoms with Crippen LogP contribution in [0.15, 0.2) is 29.2 Å². The number of aliphatic hydroxyl groups is 1. The second-order valence-electron chi connectivity index (χ2n) is 6.12. The average molecular weight is 340 g/mol. The van der Waals surface area contributed by atoms with Crippen LogP contribution in [0.5, 0.6) is 0 Å². The van der Waals surface area contributed by atoms with E-state index in [4.69, 9.17) is 0 Å². The SMILES string of the molecule is CC(=O)N(C)c1ccc(S(=O)(=O)N2CC(CO)CCC2C)cc1. The number of rotatable bonds is 4. The van der Waals surface area contributed by atoms with Crippen molar-refractivity contribution in [3.63, 3.8) is 0 Å². The van der Waals surface area contributed by atoms with Crippen LogP contribution in [0.2, 0.25) is 0 Å². The number of anilines is 1. The van der Waals surface area contributed by atoms with Gasteiger partial charge in [0.05, 0.1) is 4.90 Å². The fourth-order valence-corrected chi connectivity index (χ4v) is 4.53. The molecule has 0 aromatic heterocycles. The van der Waals surface area contributed by atoms with Crippen LogP contribution in [-0.2, 0) is 14.8 Å². The van der Waals surface area contributed by atoms with Crippen LogP contribution in [0, 0.1) is 5.92 Å². The van der Waals surface area contributed by atoms with Gasteiger partial charge in [0.15, 0.2) is 0 Å². The molecule has 0 radical (unpaired) electrons. The van der Waals surface area contributed by atoms with E-state index in [-0.39, 0.29) is 29.4 Å². The average Bonchev–Trinajstić information content (AvgIpc) is 2.54. The lowest BCUT2D eigenvalue weighted by molar-refractivity contribution is -0.116. The maximum absolute atomic E-state index is 12.8. The van der Waals surface area contributed by atoms with Gasteiger partial charge in [0, 0.05) is 38.9 Å². The van der Waals surface area contributed by atoms with Crippen LogP contribution in [0.4, 0.5) is 5.69 Å². The van der Waals surface area contributed by atoms with Gasteiger partial charge in [-0.1, -0.05) is 0 Å². The summed E-state index contributed by atoms with van der Waals surface area (Å²) < 4.78 is 27.1. The predicted molar refractivity (Wildman–Crippen MR) is 88.7 cm³/mol. The molecule has 1 N–H and O–H groups in total. The van der Waals surface area contributed by atoms with Crippen molar-refractivity contribution in [2.45, 2.75) is 37.6 Å².